The van der Waals surface area contributed by atoms with E-state index in [9.17, 15) is 9.59 Å². The van der Waals surface area contributed by atoms with Crippen molar-refractivity contribution in [1.29, 1.82) is 0 Å². The highest BCUT2D eigenvalue weighted by Gasteiger charge is 2.26. The van der Waals surface area contributed by atoms with E-state index in [0.29, 0.717) is 23.8 Å². The minimum atomic E-state index is -0.280. The third-order valence-electron chi connectivity index (χ3n) is 4.47. The lowest BCUT2D eigenvalue weighted by Crippen LogP contribution is -2.42. The van der Waals surface area contributed by atoms with Crippen LogP contribution in [0.15, 0.2) is 60.7 Å². The Labute approximate surface area is 164 Å². The van der Waals surface area contributed by atoms with Crippen molar-refractivity contribution in [2.24, 2.45) is 5.73 Å². The molecule has 140 valence electrons. The molecule has 1 atom stereocenters. The molecule has 2 N–H and O–H groups in total. The van der Waals surface area contributed by atoms with Crippen LogP contribution in [0.5, 0.6) is 0 Å². The van der Waals surface area contributed by atoms with Crippen LogP contribution in [0.3, 0.4) is 0 Å². The van der Waals surface area contributed by atoms with Crippen molar-refractivity contribution in [2.45, 2.75) is 12.5 Å². The van der Waals surface area contributed by atoms with Gasteiger partial charge in [0.2, 0.25) is 5.91 Å². The zero-order valence-corrected chi connectivity index (χ0v) is 15.7. The second-order valence-electron chi connectivity index (χ2n) is 6.54. The number of amides is 2. The number of carbonyl (C=O) groups is 2. The van der Waals surface area contributed by atoms with Crippen LogP contribution in [-0.2, 0) is 9.59 Å². The van der Waals surface area contributed by atoms with E-state index in [0.717, 1.165) is 12.0 Å². The van der Waals surface area contributed by atoms with Crippen molar-refractivity contribution in [3.63, 3.8) is 0 Å². The van der Waals surface area contributed by atoms with Crippen LogP contribution >= 0.6 is 11.6 Å². The number of nitrogens with zero attached hydrogens (tertiary/aromatic N) is 2. The standard InChI is InChI=1S/C21H22ClN3O2/c22-17-7-4-8-19(13-17)25(15-21(27)24-12-11-18(23)14-24)20(26)10-9-16-5-2-1-3-6-16/h1-10,13,18H,11-12,14-15,23H2/b10-9-. The van der Waals surface area contributed by atoms with Gasteiger partial charge in [-0.25, -0.2) is 0 Å². The Morgan fingerprint density at radius 2 is 1.96 bits per heavy atom. The van der Waals surface area contributed by atoms with Gasteiger partial charge in [0, 0.05) is 35.9 Å². The van der Waals surface area contributed by atoms with E-state index in [1.54, 1.807) is 35.2 Å². The van der Waals surface area contributed by atoms with Gasteiger partial charge in [-0.1, -0.05) is 48.0 Å². The Balaban J connectivity index is 1.80. The Hall–Kier alpha value is -2.63. The van der Waals surface area contributed by atoms with Crippen LogP contribution in [0.4, 0.5) is 5.69 Å². The number of nitrogens with two attached hydrogens (primary N) is 1. The first-order valence-corrected chi connectivity index (χ1v) is 9.24. The molecule has 27 heavy (non-hydrogen) atoms. The molecule has 2 aromatic carbocycles. The van der Waals surface area contributed by atoms with E-state index in [2.05, 4.69) is 0 Å². The predicted octanol–water partition coefficient (Wildman–Crippen LogP) is 2.95. The van der Waals surface area contributed by atoms with Crippen LogP contribution in [0.2, 0.25) is 5.02 Å². The molecule has 0 bridgehead atoms. The fourth-order valence-electron chi connectivity index (χ4n) is 3.01. The largest absolute Gasteiger partial charge is 0.340 e. The molecule has 0 saturated carbocycles. The highest BCUT2D eigenvalue weighted by molar-refractivity contribution is 6.31. The molecule has 2 amide bonds. The summed E-state index contributed by atoms with van der Waals surface area (Å²) in [5.41, 5.74) is 7.39. The minimum absolute atomic E-state index is 0.00208. The van der Waals surface area contributed by atoms with E-state index in [1.165, 1.54) is 11.0 Å². The minimum Gasteiger partial charge on any atom is -0.340 e. The van der Waals surface area contributed by atoms with Crippen molar-refractivity contribution in [1.82, 2.24) is 4.90 Å². The zero-order chi connectivity index (χ0) is 19.2. The fraction of sp³-hybridized carbons (Fsp3) is 0.238. The number of benzene rings is 2. The molecule has 1 saturated heterocycles. The normalized spacial score (nSPS) is 16.7. The highest BCUT2D eigenvalue weighted by atomic mass is 35.5. The molecule has 6 heteroatoms. The van der Waals surface area contributed by atoms with E-state index < -0.39 is 0 Å². The van der Waals surface area contributed by atoms with Crippen molar-refractivity contribution < 1.29 is 9.59 Å². The smallest absolute Gasteiger partial charge is 0.251 e. The number of likely N-dealkylation sites (tertiary alicyclic amines) is 1. The van der Waals surface area contributed by atoms with Crippen LogP contribution in [0, 0.1) is 0 Å². The lowest BCUT2D eigenvalue weighted by atomic mass is 10.2. The maximum absolute atomic E-state index is 12.8. The summed E-state index contributed by atoms with van der Waals surface area (Å²) in [7, 11) is 0. The Morgan fingerprint density at radius 3 is 2.63 bits per heavy atom. The molecule has 0 radical (unpaired) electrons. The molecule has 1 aliphatic rings. The number of anilines is 1. The SMILES string of the molecule is NC1CCN(C(=O)CN(C(=O)/C=C\c2ccccc2)c2cccc(Cl)c2)C1. The quantitative estimate of drug-likeness (QED) is 0.807. The van der Waals surface area contributed by atoms with Gasteiger partial charge < -0.3 is 10.6 Å². The highest BCUT2D eigenvalue weighted by Crippen LogP contribution is 2.21. The van der Waals surface area contributed by atoms with Crippen molar-refractivity contribution >= 4 is 35.2 Å². The molecule has 1 unspecified atom stereocenters. The lowest BCUT2D eigenvalue weighted by molar-refractivity contribution is -0.130. The van der Waals surface area contributed by atoms with Crippen molar-refractivity contribution in [2.75, 3.05) is 24.5 Å². The summed E-state index contributed by atoms with van der Waals surface area (Å²) >= 11 is 6.08. The molecule has 0 aromatic heterocycles. The molecule has 5 nitrogen and oxygen atoms in total. The van der Waals surface area contributed by atoms with Gasteiger partial charge in [0.25, 0.3) is 5.91 Å². The number of hydrogen-bond acceptors (Lipinski definition) is 3. The van der Waals surface area contributed by atoms with Gasteiger partial charge in [0.1, 0.15) is 6.54 Å². The first-order chi connectivity index (χ1) is 13.0. The second kappa shape index (κ2) is 8.84. The second-order valence-corrected chi connectivity index (χ2v) is 6.97. The molecule has 1 aliphatic heterocycles. The fourth-order valence-corrected chi connectivity index (χ4v) is 3.20. The molecular formula is C21H22ClN3O2. The summed E-state index contributed by atoms with van der Waals surface area (Å²) in [5.74, 6) is -0.401. The summed E-state index contributed by atoms with van der Waals surface area (Å²) in [4.78, 5) is 28.6. The summed E-state index contributed by atoms with van der Waals surface area (Å²) in [6.45, 7) is 1.10. The predicted molar refractivity (Wildman–Crippen MR) is 108 cm³/mol. The average Bonchev–Trinajstić information content (AvgIpc) is 3.11. The topological polar surface area (TPSA) is 66.6 Å². The van der Waals surface area contributed by atoms with Gasteiger partial charge >= 0.3 is 0 Å². The maximum atomic E-state index is 12.8. The molecule has 1 fully saturated rings. The summed E-state index contributed by atoms with van der Waals surface area (Å²) < 4.78 is 0. The third kappa shape index (κ3) is 5.18. The van der Waals surface area contributed by atoms with E-state index >= 15 is 0 Å². The summed E-state index contributed by atoms with van der Waals surface area (Å²) in [6.07, 6.45) is 3.99. The first kappa shape index (κ1) is 19.1. The van der Waals surface area contributed by atoms with Gasteiger partial charge in [-0.3, -0.25) is 14.5 Å². The Morgan fingerprint density at radius 1 is 1.19 bits per heavy atom. The average molecular weight is 384 g/mol. The number of carbonyl (C=O) groups excluding carboxylic acids is 2. The van der Waals surface area contributed by atoms with Crippen LogP contribution in [-0.4, -0.2) is 42.4 Å². The third-order valence-corrected chi connectivity index (χ3v) is 4.71. The summed E-state index contributed by atoms with van der Waals surface area (Å²) in [5, 5.41) is 0.507. The van der Waals surface area contributed by atoms with E-state index in [4.69, 9.17) is 17.3 Å². The lowest BCUT2D eigenvalue weighted by Gasteiger charge is -2.24. The number of halogens is 1. The monoisotopic (exact) mass is 383 g/mol. The molecule has 0 spiro atoms. The van der Waals surface area contributed by atoms with Gasteiger partial charge in [0.05, 0.1) is 0 Å². The van der Waals surface area contributed by atoms with Crippen molar-refractivity contribution in [3.05, 3.63) is 71.3 Å². The molecule has 0 aliphatic carbocycles. The number of hydrogen-bond donors (Lipinski definition) is 1. The van der Waals surface area contributed by atoms with Crippen LogP contribution in [0.25, 0.3) is 6.08 Å². The van der Waals surface area contributed by atoms with Gasteiger partial charge in [0.15, 0.2) is 0 Å². The van der Waals surface area contributed by atoms with Gasteiger partial charge in [-0.05, 0) is 36.3 Å². The first-order valence-electron chi connectivity index (χ1n) is 8.86. The zero-order valence-electron chi connectivity index (χ0n) is 14.9. The summed E-state index contributed by atoms with van der Waals surface area (Å²) in [6, 6.07) is 16.5. The van der Waals surface area contributed by atoms with E-state index in [-0.39, 0.29) is 24.4 Å². The van der Waals surface area contributed by atoms with Crippen LogP contribution < -0.4 is 10.6 Å². The maximum Gasteiger partial charge on any atom is 0.251 e. The van der Waals surface area contributed by atoms with Gasteiger partial charge in [-0.15, -0.1) is 0 Å². The van der Waals surface area contributed by atoms with Gasteiger partial charge in [-0.2, -0.15) is 0 Å². The molecule has 1 heterocycles. The van der Waals surface area contributed by atoms with E-state index in [1.807, 2.05) is 30.3 Å². The van der Waals surface area contributed by atoms with Crippen LogP contribution in [0.1, 0.15) is 12.0 Å². The molecule has 3 rings (SSSR count). The Kier molecular flexibility index (Phi) is 6.27. The van der Waals surface area contributed by atoms with Crippen molar-refractivity contribution in [3.8, 4) is 0 Å². The molecular weight excluding hydrogens is 362 g/mol. The number of rotatable bonds is 5. The molecule has 2 aromatic rings. The Bertz CT molecular complexity index is 838.